The van der Waals surface area contributed by atoms with E-state index in [2.05, 4.69) is 52.9 Å². The SMILES string of the molecule is C=C1CC(=O)CC(=O)[C@@]1(C#Cc1cncc(-n2cccn2)c1)CC.C=C=C1CCc2ccc(OC)cc21.CC. The number of benzene rings is 1. The molecule has 0 spiro atoms. The maximum absolute atomic E-state index is 12.4. The topological polar surface area (TPSA) is 74.1 Å². The fraction of sp³-hybridized carbons (Fsp3) is 0.303. The molecule has 0 unspecified atom stereocenters. The van der Waals surface area contributed by atoms with E-state index < -0.39 is 5.41 Å². The standard InChI is InChI=1S/C19H17N3O2.C12H12O.C2H6/c1-3-19(14(2)9-17(23)11-18(19)24)6-5-15-10-16(13-20-12-15)22-8-4-7-21-22;1-3-9-4-5-10-6-7-11(13-2)8-12(9)10;1-2/h4,7-8,10,12-13H,2-3,9,11H2,1H3;6-8H,1,4-5H2,2H3;1-2H3/t19-;;/m1../s1. The Bertz CT molecular complexity index is 1450. The number of methoxy groups -OCH3 is 1. The van der Waals surface area contributed by atoms with E-state index in [1.54, 1.807) is 30.4 Å². The first-order chi connectivity index (χ1) is 18.9. The Morgan fingerprint density at radius 1 is 1.13 bits per heavy atom. The molecule has 0 saturated heterocycles. The van der Waals surface area contributed by atoms with Crippen LogP contribution in [0.2, 0.25) is 0 Å². The van der Waals surface area contributed by atoms with Crippen LogP contribution in [-0.2, 0) is 16.0 Å². The molecule has 2 aromatic heterocycles. The Balaban J connectivity index is 0.000000236. The summed E-state index contributed by atoms with van der Waals surface area (Å²) in [6, 6.07) is 9.88. The molecule has 3 aromatic rings. The molecule has 1 aromatic carbocycles. The average Bonchev–Trinajstić information content (AvgIpc) is 3.65. The number of carbonyl (C=O) groups excluding carboxylic acids is 2. The molecule has 5 rings (SSSR count). The van der Waals surface area contributed by atoms with Gasteiger partial charge in [0.2, 0.25) is 0 Å². The summed E-state index contributed by atoms with van der Waals surface area (Å²) < 4.78 is 6.86. The van der Waals surface area contributed by atoms with Crippen LogP contribution in [-0.4, -0.2) is 33.4 Å². The number of aromatic nitrogens is 3. The Hall–Kier alpha value is -4.46. The first kappa shape index (κ1) is 29.1. The lowest BCUT2D eigenvalue weighted by Crippen LogP contribution is -2.37. The Morgan fingerprint density at radius 2 is 1.92 bits per heavy atom. The third kappa shape index (κ3) is 6.52. The molecular weight excluding hydrogens is 486 g/mol. The number of carbonyl (C=O) groups is 2. The first-order valence-corrected chi connectivity index (χ1v) is 13.2. The van der Waals surface area contributed by atoms with Crippen molar-refractivity contribution in [3.63, 3.8) is 0 Å². The zero-order valence-electron chi connectivity index (χ0n) is 23.2. The van der Waals surface area contributed by atoms with Crippen molar-refractivity contribution in [3.8, 4) is 23.3 Å². The molecule has 2 aliphatic rings. The van der Waals surface area contributed by atoms with Crippen LogP contribution < -0.4 is 4.74 Å². The molecule has 0 aliphatic heterocycles. The van der Waals surface area contributed by atoms with Crippen molar-refractivity contribution in [2.24, 2.45) is 5.41 Å². The fourth-order valence-electron chi connectivity index (χ4n) is 4.65. The maximum atomic E-state index is 12.4. The number of hydrogen-bond acceptors (Lipinski definition) is 5. The van der Waals surface area contributed by atoms with E-state index in [9.17, 15) is 9.59 Å². The Labute approximate surface area is 231 Å². The van der Waals surface area contributed by atoms with Gasteiger partial charge in [-0.25, -0.2) is 4.68 Å². The second-order valence-corrected chi connectivity index (χ2v) is 8.99. The lowest BCUT2D eigenvalue weighted by molar-refractivity contribution is -0.132. The summed E-state index contributed by atoms with van der Waals surface area (Å²) in [4.78, 5) is 28.2. The number of ether oxygens (including phenoxy) is 1. The molecule has 0 amide bonds. The monoisotopic (exact) mass is 521 g/mol. The number of hydrogen-bond donors (Lipinski definition) is 0. The van der Waals surface area contributed by atoms with Crippen LogP contribution in [0.25, 0.3) is 11.3 Å². The normalized spacial score (nSPS) is 17.4. The average molecular weight is 522 g/mol. The highest BCUT2D eigenvalue weighted by atomic mass is 16.5. The smallest absolute Gasteiger partial charge is 0.162 e. The molecule has 1 atom stereocenters. The quantitative estimate of drug-likeness (QED) is 0.174. The van der Waals surface area contributed by atoms with Crippen molar-refractivity contribution in [2.75, 3.05) is 7.11 Å². The van der Waals surface area contributed by atoms with Crippen LogP contribution in [0.4, 0.5) is 0 Å². The zero-order valence-corrected chi connectivity index (χ0v) is 23.2. The number of pyridine rings is 1. The molecule has 2 heterocycles. The molecule has 0 bridgehead atoms. The number of rotatable bonds is 3. The van der Waals surface area contributed by atoms with Gasteiger partial charge in [-0.2, -0.15) is 5.10 Å². The highest BCUT2D eigenvalue weighted by molar-refractivity contribution is 6.09. The van der Waals surface area contributed by atoms with E-state index in [0.717, 1.165) is 24.3 Å². The minimum atomic E-state index is -0.935. The Kier molecular flexibility index (Phi) is 9.98. The van der Waals surface area contributed by atoms with E-state index in [0.29, 0.717) is 17.6 Å². The second kappa shape index (κ2) is 13.4. The summed E-state index contributed by atoms with van der Waals surface area (Å²) in [5.41, 5.74) is 7.98. The lowest BCUT2D eigenvalue weighted by atomic mass is 9.68. The van der Waals surface area contributed by atoms with E-state index in [-0.39, 0.29) is 24.4 Å². The van der Waals surface area contributed by atoms with Gasteiger partial charge in [0.05, 0.1) is 25.4 Å². The van der Waals surface area contributed by atoms with Crippen molar-refractivity contribution < 1.29 is 14.3 Å². The fourth-order valence-corrected chi connectivity index (χ4v) is 4.65. The summed E-state index contributed by atoms with van der Waals surface area (Å²) in [6.07, 6.45) is 9.68. The highest BCUT2D eigenvalue weighted by Crippen LogP contribution is 2.38. The number of Topliss-reactive ketones (excluding diaryl/α,β-unsaturated/α-hetero) is 2. The van der Waals surface area contributed by atoms with Crippen LogP contribution in [0.15, 0.2) is 79.6 Å². The van der Waals surface area contributed by atoms with Gasteiger partial charge >= 0.3 is 0 Å². The van der Waals surface area contributed by atoms with Gasteiger partial charge < -0.3 is 4.74 Å². The van der Waals surface area contributed by atoms with Gasteiger partial charge in [0.1, 0.15) is 16.9 Å². The summed E-state index contributed by atoms with van der Waals surface area (Å²) in [7, 11) is 1.69. The van der Waals surface area contributed by atoms with Gasteiger partial charge in [-0.05, 0) is 60.2 Å². The molecule has 1 saturated carbocycles. The van der Waals surface area contributed by atoms with Gasteiger partial charge in [-0.1, -0.05) is 51.8 Å². The molecule has 0 N–H and O–H groups in total. The molecule has 0 radical (unpaired) electrons. The third-order valence-electron chi connectivity index (χ3n) is 6.79. The van der Waals surface area contributed by atoms with E-state index in [1.807, 2.05) is 45.2 Å². The van der Waals surface area contributed by atoms with Gasteiger partial charge in [0.25, 0.3) is 0 Å². The number of ketones is 2. The van der Waals surface area contributed by atoms with Crippen molar-refractivity contribution in [3.05, 3.63) is 96.3 Å². The van der Waals surface area contributed by atoms with Crippen molar-refractivity contribution in [2.45, 2.75) is 52.9 Å². The van der Waals surface area contributed by atoms with Gasteiger partial charge in [-0.15, -0.1) is 5.73 Å². The number of aryl methyl sites for hydroxylation is 1. The maximum Gasteiger partial charge on any atom is 0.162 e. The van der Waals surface area contributed by atoms with Crippen molar-refractivity contribution >= 4 is 17.1 Å². The number of allylic oxidation sites excluding steroid dienone is 2. The summed E-state index contributed by atoms with van der Waals surface area (Å²) in [5, 5.41) is 4.16. The lowest BCUT2D eigenvalue weighted by Gasteiger charge is -2.31. The number of fused-ring (bicyclic) bond motifs is 1. The van der Waals surface area contributed by atoms with Gasteiger partial charge in [0, 0.05) is 36.1 Å². The molecule has 39 heavy (non-hydrogen) atoms. The highest BCUT2D eigenvalue weighted by Gasteiger charge is 2.42. The molecule has 1 fully saturated rings. The molecule has 2 aliphatic carbocycles. The predicted molar refractivity (Wildman–Crippen MR) is 155 cm³/mol. The Morgan fingerprint density at radius 3 is 2.56 bits per heavy atom. The summed E-state index contributed by atoms with van der Waals surface area (Å²) >= 11 is 0. The summed E-state index contributed by atoms with van der Waals surface area (Å²) in [6.45, 7) is 13.5. The van der Waals surface area contributed by atoms with Gasteiger partial charge in [0.15, 0.2) is 5.78 Å². The zero-order chi connectivity index (χ0) is 28.4. The van der Waals surface area contributed by atoms with Crippen LogP contribution in [0.5, 0.6) is 5.75 Å². The first-order valence-electron chi connectivity index (χ1n) is 13.2. The molecular formula is C33H35N3O3. The second-order valence-electron chi connectivity index (χ2n) is 8.99. The minimum Gasteiger partial charge on any atom is -0.497 e. The van der Waals surface area contributed by atoms with Crippen LogP contribution >= 0.6 is 0 Å². The van der Waals surface area contributed by atoms with E-state index in [1.165, 1.54) is 16.7 Å². The summed E-state index contributed by atoms with van der Waals surface area (Å²) in [5.74, 6) is 6.78. The van der Waals surface area contributed by atoms with Crippen molar-refractivity contribution in [1.29, 1.82) is 0 Å². The van der Waals surface area contributed by atoms with Gasteiger partial charge in [-0.3, -0.25) is 14.6 Å². The van der Waals surface area contributed by atoms with E-state index in [4.69, 9.17) is 4.74 Å². The largest absolute Gasteiger partial charge is 0.497 e. The van der Waals surface area contributed by atoms with Crippen LogP contribution in [0.3, 0.4) is 0 Å². The van der Waals surface area contributed by atoms with Crippen LogP contribution in [0, 0.1) is 17.3 Å². The van der Waals surface area contributed by atoms with Crippen molar-refractivity contribution in [1.82, 2.24) is 14.8 Å². The molecule has 6 nitrogen and oxygen atoms in total. The van der Waals surface area contributed by atoms with Crippen LogP contribution in [0.1, 0.15) is 63.1 Å². The number of nitrogens with zero attached hydrogens (tertiary/aromatic N) is 3. The molecule has 6 heteroatoms. The molecule has 200 valence electrons. The third-order valence-corrected chi connectivity index (χ3v) is 6.79. The predicted octanol–water partition coefficient (Wildman–Crippen LogP) is 6.34. The minimum absolute atomic E-state index is 0.0624. The van der Waals surface area contributed by atoms with E-state index >= 15 is 0 Å².